The third-order valence-electron chi connectivity index (χ3n) is 4.23. The summed E-state index contributed by atoms with van der Waals surface area (Å²) < 4.78 is 0. The minimum absolute atomic E-state index is 0.103. The molecule has 0 bridgehead atoms. The molecule has 1 aromatic carbocycles. The summed E-state index contributed by atoms with van der Waals surface area (Å²) in [5.74, 6) is -0.327. The largest absolute Gasteiger partial charge is 0.353 e. The topological polar surface area (TPSA) is 58.2 Å². The Morgan fingerprint density at radius 2 is 1.76 bits per heavy atom. The molecule has 2 amide bonds. The number of benzene rings is 1. The number of amides is 2. The highest BCUT2D eigenvalue weighted by molar-refractivity contribution is 6.13. The van der Waals surface area contributed by atoms with Crippen LogP contribution in [0.15, 0.2) is 24.3 Å². The molecule has 1 aliphatic rings. The minimum atomic E-state index is -0.854. The highest BCUT2D eigenvalue weighted by atomic mass is 16.2. The molecule has 1 aromatic rings. The van der Waals surface area contributed by atoms with Crippen molar-refractivity contribution in [2.45, 2.75) is 52.5 Å². The van der Waals surface area contributed by atoms with Crippen molar-refractivity contribution in [3.8, 4) is 0 Å². The lowest BCUT2D eigenvalue weighted by Gasteiger charge is -2.18. The monoisotopic (exact) mass is 288 g/mol. The predicted molar refractivity (Wildman–Crippen MR) is 84.0 cm³/mol. The van der Waals surface area contributed by atoms with E-state index in [4.69, 9.17) is 0 Å². The molecule has 0 aromatic heterocycles. The van der Waals surface area contributed by atoms with Crippen LogP contribution in [-0.4, -0.2) is 17.9 Å². The van der Waals surface area contributed by atoms with E-state index in [1.54, 1.807) is 0 Å². The molecule has 0 spiro atoms. The summed E-state index contributed by atoms with van der Waals surface area (Å²) >= 11 is 0. The van der Waals surface area contributed by atoms with Gasteiger partial charge >= 0.3 is 0 Å². The Morgan fingerprint density at radius 1 is 1.14 bits per heavy atom. The Bertz CT molecular complexity index is 518. The summed E-state index contributed by atoms with van der Waals surface area (Å²) in [6.07, 6.45) is 3.10. The van der Waals surface area contributed by atoms with Crippen LogP contribution in [-0.2, 0) is 16.0 Å². The number of hydrogen-bond acceptors (Lipinski definition) is 2. The number of carbonyl (C=O) groups is 2. The molecule has 21 heavy (non-hydrogen) atoms. The number of rotatable bonds is 6. The second-order valence-electron chi connectivity index (χ2n) is 5.87. The summed E-state index contributed by atoms with van der Waals surface area (Å²) in [5.41, 5.74) is 1.12. The molecule has 2 rings (SSSR count). The van der Waals surface area contributed by atoms with Crippen molar-refractivity contribution in [1.29, 1.82) is 0 Å². The lowest BCUT2D eigenvalue weighted by molar-refractivity contribution is -0.134. The van der Waals surface area contributed by atoms with Gasteiger partial charge in [0.05, 0.1) is 0 Å². The molecule has 1 unspecified atom stereocenters. The molecular weight excluding hydrogens is 264 g/mol. The quantitative estimate of drug-likeness (QED) is 0.791. The van der Waals surface area contributed by atoms with E-state index in [1.165, 1.54) is 5.56 Å². The zero-order valence-corrected chi connectivity index (χ0v) is 13.0. The molecule has 0 heterocycles. The molecule has 1 saturated carbocycles. The highest BCUT2D eigenvalue weighted by Gasteiger charge is 2.56. The van der Waals surface area contributed by atoms with E-state index in [0.717, 1.165) is 18.5 Å². The van der Waals surface area contributed by atoms with Gasteiger partial charge in [0.1, 0.15) is 5.41 Å². The van der Waals surface area contributed by atoms with Crippen LogP contribution in [0.25, 0.3) is 0 Å². The first-order valence-electron chi connectivity index (χ1n) is 7.73. The van der Waals surface area contributed by atoms with Crippen LogP contribution in [0.1, 0.15) is 45.6 Å². The third-order valence-corrected chi connectivity index (χ3v) is 4.23. The van der Waals surface area contributed by atoms with Crippen LogP contribution in [0.4, 0.5) is 5.69 Å². The van der Waals surface area contributed by atoms with Crippen LogP contribution in [0.5, 0.6) is 0 Å². The maximum absolute atomic E-state index is 12.4. The molecular formula is C17H24N2O2. The Morgan fingerprint density at radius 3 is 2.24 bits per heavy atom. The Balaban J connectivity index is 2.00. The first-order valence-corrected chi connectivity index (χ1v) is 7.73. The second kappa shape index (κ2) is 6.29. The van der Waals surface area contributed by atoms with Gasteiger partial charge in [-0.1, -0.05) is 26.0 Å². The molecule has 4 heteroatoms. The maximum Gasteiger partial charge on any atom is 0.240 e. The Hall–Kier alpha value is -1.84. The number of nitrogens with one attached hydrogen (secondary N) is 2. The third kappa shape index (κ3) is 3.43. The van der Waals surface area contributed by atoms with Crippen molar-refractivity contribution in [1.82, 2.24) is 5.32 Å². The number of hydrogen-bond donors (Lipinski definition) is 2. The van der Waals surface area contributed by atoms with Crippen LogP contribution >= 0.6 is 0 Å². The van der Waals surface area contributed by atoms with Crippen molar-refractivity contribution < 1.29 is 9.59 Å². The highest BCUT2D eigenvalue weighted by Crippen LogP contribution is 2.47. The zero-order chi connectivity index (χ0) is 15.5. The molecule has 1 aliphatic carbocycles. The van der Waals surface area contributed by atoms with Gasteiger partial charge in [-0.05, 0) is 50.3 Å². The van der Waals surface area contributed by atoms with E-state index in [9.17, 15) is 9.59 Å². The SMILES string of the molecule is CCc1ccc(NC(=O)C2(C(=O)NC(C)CC)CC2)cc1. The van der Waals surface area contributed by atoms with Gasteiger partial charge in [0.25, 0.3) is 0 Å². The fourth-order valence-electron chi connectivity index (χ4n) is 2.22. The van der Waals surface area contributed by atoms with Crippen molar-refractivity contribution in [3.05, 3.63) is 29.8 Å². The van der Waals surface area contributed by atoms with Gasteiger partial charge in [0.2, 0.25) is 11.8 Å². The Labute approximate surface area is 126 Å². The average molecular weight is 288 g/mol. The molecule has 1 atom stereocenters. The van der Waals surface area contributed by atoms with Crippen molar-refractivity contribution in [2.75, 3.05) is 5.32 Å². The first kappa shape index (κ1) is 15.5. The maximum atomic E-state index is 12.4. The number of aryl methyl sites for hydroxylation is 1. The molecule has 2 N–H and O–H groups in total. The van der Waals surface area contributed by atoms with E-state index >= 15 is 0 Å². The zero-order valence-electron chi connectivity index (χ0n) is 13.0. The fraction of sp³-hybridized carbons (Fsp3) is 0.529. The second-order valence-corrected chi connectivity index (χ2v) is 5.87. The molecule has 1 fully saturated rings. The lowest BCUT2D eigenvalue weighted by atomic mass is 10.0. The lowest BCUT2D eigenvalue weighted by Crippen LogP contribution is -2.43. The summed E-state index contributed by atoms with van der Waals surface area (Å²) in [6, 6.07) is 7.87. The van der Waals surface area contributed by atoms with Gasteiger partial charge in [0, 0.05) is 11.7 Å². The minimum Gasteiger partial charge on any atom is -0.353 e. The molecule has 114 valence electrons. The summed E-state index contributed by atoms with van der Waals surface area (Å²) in [6.45, 7) is 6.06. The Kier molecular flexibility index (Phi) is 4.66. The predicted octanol–water partition coefficient (Wildman–Crippen LogP) is 2.88. The summed E-state index contributed by atoms with van der Waals surface area (Å²) in [4.78, 5) is 24.6. The van der Waals surface area contributed by atoms with E-state index in [0.29, 0.717) is 12.8 Å². The van der Waals surface area contributed by atoms with Crippen molar-refractivity contribution >= 4 is 17.5 Å². The van der Waals surface area contributed by atoms with E-state index in [2.05, 4.69) is 17.6 Å². The smallest absolute Gasteiger partial charge is 0.240 e. The van der Waals surface area contributed by atoms with Gasteiger partial charge in [-0.3, -0.25) is 9.59 Å². The first-order chi connectivity index (χ1) is 10.0. The number of carbonyl (C=O) groups excluding carboxylic acids is 2. The van der Waals surface area contributed by atoms with Gasteiger partial charge in [-0.25, -0.2) is 0 Å². The van der Waals surface area contributed by atoms with Crippen LogP contribution in [0, 0.1) is 5.41 Å². The van der Waals surface area contributed by atoms with Gasteiger partial charge in [-0.2, -0.15) is 0 Å². The van der Waals surface area contributed by atoms with Crippen LogP contribution in [0.2, 0.25) is 0 Å². The van der Waals surface area contributed by atoms with Crippen LogP contribution < -0.4 is 10.6 Å². The standard InChI is InChI=1S/C17H24N2O2/c1-4-12(3)18-15(20)17(10-11-17)16(21)19-14-8-6-13(5-2)7-9-14/h6-9,12H,4-5,10-11H2,1-3H3,(H,18,20)(H,19,21). The van der Waals surface area contributed by atoms with Gasteiger partial charge in [0.15, 0.2) is 0 Å². The molecule has 0 saturated heterocycles. The van der Waals surface area contributed by atoms with E-state index in [-0.39, 0.29) is 17.9 Å². The van der Waals surface area contributed by atoms with Crippen molar-refractivity contribution in [3.63, 3.8) is 0 Å². The van der Waals surface area contributed by atoms with Crippen LogP contribution in [0.3, 0.4) is 0 Å². The van der Waals surface area contributed by atoms with Gasteiger partial charge < -0.3 is 10.6 Å². The summed E-state index contributed by atoms with van der Waals surface area (Å²) in [7, 11) is 0. The van der Waals surface area contributed by atoms with E-state index < -0.39 is 5.41 Å². The fourth-order valence-corrected chi connectivity index (χ4v) is 2.22. The molecule has 0 radical (unpaired) electrons. The number of anilines is 1. The van der Waals surface area contributed by atoms with Crippen molar-refractivity contribution in [2.24, 2.45) is 5.41 Å². The summed E-state index contributed by atoms with van der Waals surface area (Å²) in [5, 5.41) is 5.79. The molecule has 0 aliphatic heterocycles. The van der Waals surface area contributed by atoms with Gasteiger partial charge in [-0.15, -0.1) is 0 Å². The normalized spacial score (nSPS) is 16.9. The average Bonchev–Trinajstić information content (AvgIpc) is 3.29. The molecule has 4 nitrogen and oxygen atoms in total. The van der Waals surface area contributed by atoms with E-state index in [1.807, 2.05) is 38.1 Å².